The maximum Gasteiger partial charge on any atom is 0.335 e. The Balaban J connectivity index is 2.06. The van der Waals surface area contributed by atoms with Gasteiger partial charge in [-0.15, -0.1) is 11.3 Å². The number of rotatable bonds is 6. The predicted octanol–water partition coefficient (Wildman–Crippen LogP) is 5.08. The van der Waals surface area contributed by atoms with Crippen LogP contribution in [-0.2, 0) is 12.8 Å². The maximum atomic E-state index is 11.1. The molecule has 0 aliphatic rings. The number of aromatic nitrogens is 2. The maximum absolute atomic E-state index is 11.1. The van der Waals surface area contributed by atoms with Crippen molar-refractivity contribution in [3.63, 3.8) is 0 Å². The molecule has 5 nitrogen and oxygen atoms in total. The minimum Gasteiger partial charge on any atom is -0.478 e. The van der Waals surface area contributed by atoms with Crippen LogP contribution < -0.4 is 5.32 Å². The van der Waals surface area contributed by atoms with E-state index >= 15 is 0 Å². The van der Waals surface area contributed by atoms with E-state index in [1.807, 2.05) is 24.4 Å². The van der Waals surface area contributed by atoms with Crippen molar-refractivity contribution in [3.8, 4) is 10.7 Å². The molecule has 3 aromatic rings. The molecule has 0 amide bonds. The normalized spacial score (nSPS) is 10.7. The van der Waals surface area contributed by atoms with Crippen LogP contribution in [0.5, 0.6) is 0 Å². The molecule has 1 aromatic carbocycles. The minimum absolute atomic E-state index is 0.278. The molecule has 0 aliphatic carbocycles. The van der Waals surface area contributed by atoms with E-state index in [-0.39, 0.29) is 5.56 Å². The van der Waals surface area contributed by atoms with E-state index in [1.54, 1.807) is 29.5 Å². The summed E-state index contributed by atoms with van der Waals surface area (Å²) < 4.78 is 0. The number of carbonyl (C=O) groups is 1. The quantitative estimate of drug-likeness (QED) is 0.635. The van der Waals surface area contributed by atoms with Crippen molar-refractivity contribution >= 4 is 28.8 Å². The van der Waals surface area contributed by atoms with Crippen LogP contribution in [0, 0.1) is 6.92 Å². The Morgan fingerprint density at radius 2 is 2.00 bits per heavy atom. The third kappa shape index (κ3) is 3.60. The smallest absolute Gasteiger partial charge is 0.335 e. The molecule has 0 saturated heterocycles. The molecule has 26 heavy (non-hydrogen) atoms. The molecular weight excluding hydrogens is 346 g/mol. The van der Waals surface area contributed by atoms with Gasteiger partial charge in [-0.2, -0.15) is 0 Å². The number of hydrogen-bond donors (Lipinski definition) is 2. The van der Waals surface area contributed by atoms with Crippen LogP contribution in [0.1, 0.15) is 41.0 Å². The highest BCUT2D eigenvalue weighted by Crippen LogP contribution is 2.29. The second kappa shape index (κ2) is 7.66. The topological polar surface area (TPSA) is 75.1 Å². The number of benzene rings is 1. The molecule has 0 bridgehead atoms. The third-order valence-electron chi connectivity index (χ3n) is 4.25. The van der Waals surface area contributed by atoms with Crippen molar-refractivity contribution in [2.24, 2.45) is 0 Å². The lowest BCUT2D eigenvalue weighted by atomic mass is 10.1. The van der Waals surface area contributed by atoms with Gasteiger partial charge in [-0.3, -0.25) is 0 Å². The average Bonchev–Trinajstić information content (AvgIpc) is 3.17. The Morgan fingerprint density at radius 1 is 1.19 bits per heavy atom. The predicted molar refractivity (Wildman–Crippen MR) is 106 cm³/mol. The molecule has 0 fully saturated rings. The number of carboxylic acids is 1. The fourth-order valence-corrected chi connectivity index (χ4v) is 3.54. The second-order valence-corrected chi connectivity index (χ2v) is 6.91. The number of aromatic carboxylic acids is 1. The van der Waals surface area contributed by atoms with Crippen LogP contribution in [0.2, 0.25) is 0 Å². The summed E-state index contributed by atoms with van der Waals surface area (Å²) in [6, 6.07) is 9.06. The first-order chi connectivity index (χ1) is 12.5. The summed E-state index contributed by atoms with van der Waals surface area (Å²) in [4.78, 5) is 21.7. The molecule has 0 radical (unpaired) electrons. The van der Waals surface area contributed by atoms with Crippen molar-refractivity contribution in [2.45, 2.75) is 33.6 Å². The van der Waals surface area contributed by atoms with E-state index in [0.29, 0.717) is 0 Å². The zero-order valence-corrected chi connectivity index (χ0v) is 15.9. The van der Waals surface area contributed by atoms with Crippen LogP contribution in [-0.4, -0.2) is 21.0 Å². The Bertz CT molecular complexity index is 936. The summed E-state index contributed by atoms with van der Waals surface area (Å²) in [5, 5.41) is 14.6. The van der Waals surface area contributed by atoms with Gasteiger partial charge in [0.25, 0.3) is 0 Å². The largest absolute Gasteiger partial charge is 0.478 e. The van der Waals surface area contributed by atoms with Gasteiger partial charge in [0.2, 0.25) is 0 Å². The molecule has 134 valence electrons. The van der Waals surface area contributed by atoms with Crippen LogP contribution in [0.15, 0.2) is 35.7 Å². The number of nitrogens with zero attached hydrogens (tertiary/aromatic N) is 2. The number of aryl methyl sites for hydroxylation is 2. The molecule has 0 saturated carbocycles. The Hall–Kier alpha value is -2.73. The fraction of sp³-hybridized carbons (Fsp3) is 0.250. The molecule has 2 N–H and O–H groups in total. The summed E-state index contributed by atoms with van der Waals surface area (Å²) >= 11 is 1.61. The number of carboxylic acid groups (broad SMARTS) is 1. The van der Waals surface area contributed by atoms with Gasteiger partial charge >= 0.3 is 5.97 Å². The number of hydrogen-bond acceptors (Lipinski definition) is 5. The minimum atomic E-state index is -0.927. The highest BCUT2D eigenvalue weighted by molar-refractivity contribution is 7.13. The Labute approximate surface area is 156 Å². The van der Waals surface area contributed by atoms with Crippen LogP contribution in [0.3, 0.4) is 0 Å². The first kappa shape index (κ1) is 18.1. The van der Waals surface area contributed by atoms with E-state index in [1.165, 1.54) is 0 Å². The van der Waals surface area contributed by atoms with Gasteiger partial charge < -0.3 is 10.4 Å². The molecule has 6 heteroatoms. The lowest BCUT2D eigenvalue weighted by Crippen LogP contribution is -2.08. The number of anilines is 2. The van der Waals surface area contributed by atoms with Crippen molar-refractivity contribution < 1.29 is 9.90 Å². The van der Waals surface area contributed by atoms with Gasteiger partial charge in [0.05, 0.1) is 10.4 Å². The van der Waals surface area contributed by atoms with Gasteiger partial charge in [-0.05, 0) is 55.0 Å². The second-order valence-electron chi connectivity index (χ2n) is 5.97. The standard InChI is InChI=1S/C20H21N3O2S/c1-4-14-15(5-2)21-19(17-7-6-10-26-17)23-18(14)22-16-9-8-13(20(24)25)11-12(16)3/h6-11H,4-5H2,1-3H3,(H,24,25)(H,21,22,23). The monoisotopic (exact) mass is 367 g/mol. The summed E-state index contributed by atoms with van der Waals surface area (Å²) in [5.74, 6) is 0.578. The molecule has 2 aromatic heterocycles. The van der Waals surface area contributed by atoms with E-state index in [0.717, 1.165) is 51.9 Å². The summed E-state index contributed by atoms with van der Waals surface area (Å²) in [6.07, 6.45) is 1.65. The zero-order valence-electron chi connectivity index (χ0n) is 15.0. The molecule has 0 aliphatic heterocycles. The summed E-state index contributed by atoms with van der Waals surface area (Å²) in [6.45, 7) is 6.08. The molecule has 3 rings (SSSR count). The summed E-state index contributed by atoms with van der Waals surface area (Å²) in [7, 11) is 0. The highest BCUT2D eigenvalue weighted by Gasteiger charge is 2.15. The molecule has 2 heterocycles. The van der Waals surface area contributed by atoms with E-state index in [9.17, 15) is 4.79 Å². The Kier molecular flexibility index (Phi) is 5.32. The lowest BCUT2D eigenvalue weighted by molar-refractivity contribution is 0.0697. The van der Waals surface area contributed by atoms with E-state index < -0.39 is 5.97 Å². The van der Waals surface area contributed by atoms with E-state index in [2.05, 4.69) is 19.2 Å². The fourth-order valence-electron chi connectivity index (χ4n) is 2.88. The zero-order chi connectivity index (χ0) is 18.7. The van der Waals surface area contributed by atoms with Crippen LogP contribution in [0.4, 0.5) is 11.5 Å². The van der Waals surface area contributed by atoms with Crippen molar-refractivity contribution in [1.29, 1.82) is 0 Å². The Morgan fingerprint density at radius 3 is 2.58 bits per heavy atom. The SMILES string of the molecule is CCc1nc(-c2cccs2)nc(Nc2ccc(C(=O)O)cc2C)c1CC. The first-order valence-corrected chi connectivity index (χ1v) is 9.46. The van der Waals surface area contributed by atoms with Crippen molar-refractivity contribution in [2.75, 3.05) is 5.32 Å². The lowest BCUT2D eigenvalue weighted by Gasteiger charge is -2.16. The molecular formula is C20H21N3O2S. The third-order valence-corrected chi connectivity index (χ3v) is 5.12. The number of thiophene rings is 1. The van der Waals surface area contributed by atoms with E-state index in [4.69, 9.17) is 15.1 Å². The van der Waals surface area contributed by atoms with Gasteiger partial charge in [-0.25, -0.2) is 14.8 Å². The van der Waals surface area contributed by atoms with Crippen LogP contribution in [0.25, 0.3) is 10.7 Å². The molecule has 0 unspecified atom stereocenters. The van der Waals surface area contributed by atoms with Gasteiger partial charge in [0, 0.05) is 16.9 Å². The first-order valence-electron chi connectivity index (χ1n) is 8.58. The molecule has 0 spiro atoms. The van der Waals surface area contributed by atoms with Gasteiger partial charge in [-0.1, -0.05) is 19.9 Å². The van der Waals surface area contributed by atoms with Crippen molar-refractivity contribution in [1.82, 2.24) is 9.97 Å². The van der Waals surface area contributed by atoms with Gasteiger partial charge in [0.1, 0.15) is 5.82 Å². The number of nitrogens with one attached hydrogen (secondary N) is 1. The summed E-state index contributed by atoms with van der Waals surface area (Å²) in [5.41, 5.74) is 4.12. The molecule has 0 atom stereocenters. The highest BCUT2D eigenvalue weighted by atomic mass is 32.1. The van der Waals surface area contributed by atoms with Gasteiger partial charge in [0.15, 0.2) is 5.82 Å². The van der Waals surface area contributed by atoms with Crippen molar-refractivity contribution in [3.05, 3.63) is 58.1 Å². The van der Waals surface area contributed by atoms with Crippen LogP contribution >= 0.6 is 11.3 Å². The average molecular weight is 367 g/mol.